The molecule has 2 rings (SSSR count). The standard InChI is InChI=1S/C12H21N3O3/c16-7-6-14-2-1-3-15(5-4-14)12(18)10-8-11(17)13-9-10/h10,16H,1-9H2,(H,13,17). The van der Waals surface area contributed by atoms with Gasteiger partial charge in [-0.25, -0.2) is 0 Å². The van der Waals surface area contributed by atoms with Crippen molar-refractivity contribution in [1.82, 2.24) is 15.1 Å². The van der Waals surface area contributed by atoms with Gasteiger partial charge in [0.1, 0.15) is 0 Å². The maximum Gasteiger partial charge on any atom is 0.228 e. The molecule has 0 saturated carbocycles. The number of hydrogen-bond acceptors (Lipinski definition) is 4. The van der Waals surface area contributed by atoms with Gasteiger partial charge in [-0.05, 0) is 13.0 Å². The van der Waals surface area contributed by atoms with Crippen LogP contribution in [0.4, 0.5) is 0 Å². The Bertz CT molecular complexity index is 322. The van der Waals surface area contributed by atoms with E-state index >= 15 is 0 Å². The van der Waals surface area contributed by atoms with Crippen LogP contribution in [0.25, 0.3) is 0 Å². The summed E-state index contributed by atoms with van der Waals surface area (Å²) in [5, 5.41) is 11.6. The van der Waals surface area contributed by atoms with Crippen LogP contribution in [0.5, 0.6) is 0 Å². The number of carbonyl (C=O) groups is 2. The minimum absolute atomic E-state index is 0.0231. The largest absolute Gasteiger partial charge is 0.395 e. The molecule has 2 aliphatic heterocycles. The Balaban J connectivity index is 1.85. The monoisotopic (exact) mass is 255 g/mol. The van der Waals surface area contributed by atoms with Crippen molar-refractivity contribution in [3.63, 3.8) is 0 Å². The van der Waals surface area contributed by atoms with E-state index in [0.717, 1.165) is 26.1 Å². The van der Waals surface area contributed by atoms with Crippen LogP contribution in [0.2, 0.25) is 0 Å². The lowest BCUT2D eigenvalue weighted by molar-refractivity contribution is -0.135. The van der Waals surface area contributed by atoms with Crippen LogP contribution >= 0.6 is 0 Å². The number of nitrogens with one attached hydrogen (secondary N) is 1. The van der Waals surface area contributed by atoms with E-state index in [1.54, 1.807) is 0 Å². The van der Waals surface area contributed by atoms with E-state index in [4.69, 9.17) is 5.11 Å². The molecule has 0 aliphatic carbocycles. The Morgan fingerprint density at radius 1 is 1.33 bits per heavy atom. The average molecular weight is 255 g/mol. The normalized spacial score (nSPS) is 25.9. The molecule has 0 spiro atoms. The first kappa shape index (κ1) is 13.3. The summed E-state index contributed by atoms with van der Waals surface area (Å²) in [4.78, 5) is 27.4. The second-order valence-electron chi connectivity index (χ2n) is 4.95. The van der Waals surface area contributed by atoms with Crippen molar-refractivity contribution in [3.8, 4) is 0 Å². The highest BCUT2D eigenvalue weighted by atomic mass is 16.3. The zero-order valence-electron chi connectivity index (χ0n) is 10.6. The van der Waals surface area contributed by atoms with Gasteiger partial charge in [-0.3, -0.25) is 14.5 Å². The first-order valence-corrected chi connectivity index (χ1v) is 6.59. The fourth-order valence-electron chi connectivity index (χ4n) is 2.59. The van der Waals surface area contributed by atoms with Gasteiger partial charge in [0.15, 0.2) is 0 Å². The van der Waals surface area contributed by atoms with Crippen molar-refractivity contribution in [2.75, 3.05) is 45.9 Å². The summed E-state index contributed by atoms with van der Waals surface area (Å²) in [5.74, 6) is -0.105. The molecule has 0 aromatic heterocycles. The Hall–Kier alpha value is -1.14. The van der Waals surface area contributed by atoms with E-state index in [1.807, 2.05) is 4.90 Å². The average Bonchev–Trinajstić information content (AvgIpc) is 2.65. The van der Waals surface area contributed by atoms with E-state index in [9.17, 15) is 9.59 Å². The summed E-state index contributed by atoms with van der Waals surface area (Å²) in [7, 11) is 0. The van der Waals surface area contributed by atoms with Gasteiger partial charge < -0.3 is 15.3 Å². The van der Waals surface area contributed by atoms with Crippen LogP contribution in [-0.4, -0.2) is 72.6 Å². The molecular weight excluding hydrogens is 234 g/mol. The molecule has 2 amide bonds. The molecule has 0 bridgehead atoms. The molecule has 2 fully saturated rings. The van der Waals surface area contributed by atoms with Gasteiger partial charge in [-0.15, -0.1) is 0 Å². The fraction of sp³-hybridized carbons (Fsp3) is 0.833. The van der Waals surface area contributed by atoms with Gasteiger partial charge in [0, 0.05) is 39.1 Å². The summed E-state index contributed by atoms with van der Waals surface area (Å²) in [6, 6.07) is 0. The molecule has 18 heavy (non-hydrogen) atoms. The summed E-state index contributed by atoms with van der Waals surface area (Å²) < 4.78 is 0. The van der Waals surface area contributed by atoms with Crippen molar-refractivity contribution in [2.24, 2.45) is 5.92 Å². The van der Waals surface area contributed by atoms with Crippen molar-refractivity contribution in [1.29, 1.82) is 0 Å². The van der Waals surface area contributed by atoms with Crippen molar-refractivity contribution in [2.45, 2.75) is 12.8 Å². The SMILES string of the molecule is O=C1CC(C(=O)N2CCCN(CCO)CC2)CN1. The number of hydrogen-bond donors (Lipinski definition) is 2. The summed E-state index contributed by atoms with van der Waals surface area (Å²) in [6.45, 7) is 4.50. The second-order valence-corrected chi connectivity index (χ2v) is 4.95. The highest BCUT2D eigenvalue weighted by Crippen LogP contribution is 2.14. The molecule has 2 aliphatic rings. The molecule has 0 radical (unpaired) electrons. The molecular formula is C12H21N3O3. The van der Waals surface area contributed by atoms with Crippen molar-refractivity contribution < 1.29 is 14.7 Å². The Morgan fingerprint density at radius 3 is 2.83 bits per heavy atom. The lowest BCUT2D eigenvalue weighted by Crippen LogP contribution is -2.39. The quantitative estimate of drug-likeness (QED) is 0.654. The van der Waals surface area contributed by atoms with Gasteiger partial charge in [0.25, 0.3) is 0 Å². The number of β-amino-alcohol motifs (C(OH)–C–C–N with tert-alkyl or cyclic N) is 1. The summed E-state index contributed by atoms with van der Waals surface area (Å²) >= 11 is 0. The third kappa shape index (κ3) is 3.20. The van der Waals surface area contributed by atoms with Crippen molar-refractivity contribution >= 4 is 11.8 Å². The minimum atomic E-state index is -0.179. The van der Waals surface area contributed by atoms with E-state index in [-0.39, 0.29) is 24.3 Å². The molecule has 1 atom stereocenters. The first-order chi connectivity index (χ1) is 8.70. The number of nitrogens with zero attached hydrogens (tertiary/aromatic N) is 2. The van der Waals surface area contributed by atoms with E-state index in [0.29, 0.717) is 26.1 Å². The van der Waals surface area contributed by atoms with Gasteiger partial charge in [-0.2, -0.15) is 0 Å². The smallest absolute Gasteiger partial charge is 0.228 e. The third-order valence-electron chi connectivity index (χ3n) is 3.64. The molecule has 6 heteroatoms. The molecule has 6 nitrogen and oxygen atoms in total. The molecule has 0 aromatic rings. The zero-order chi connectivity index (χ0) is 13.0. The lowest BCUT2D eigenvalue weighted by Gasteiger charge is -2.23. The van der Waals surface area contributed by atoms with Crippen LogP contribution in [0.1, 0.15) is 12.8 Å². The van der Waals surface area contributed by atoms with E-state index in [2.05, 4.69) is 10.2 Å². The summed E-state index contributed by atoms with van der Waals surface area (Å²) in [5.41, 5.74) is 0. The van der Waals surface area contributed by atoms with Crippen LogP contribution < -0.4 is 5.32 Å². The summed E-state index contributed by atoms with van der Waals surface area (Å²) in [6.07, 6.45) is 1.26. The van der Waals surface area contributed by atoms with Gasteiger partial charge in [-0.1, -0.05) is 0 Å². The zero-order valence-corrected chi connectivity index (χ0v) is 10.6. The maximum atomic E-state index is 12.2. The van der Waals surface area contributed by atoms with E-state index in [1.165, 1.54) is 0 Å². The van der Waals surface area contributed by atoms with Crippen LogP contribution in [0, 0.1) is 5.92 Å². The molecule has 2 saturated heterocycles. The number of amides is 2. The van der Waals surface area contributed by atoms with E-state index < -0.39 is 0 Å². The van der Waals surface area contributed by atoms with Crippen LogP contribution in [0.3, 0.4) is 0 Å². The fourth-order valence-corrected chi connectivity index (χ4v) is 2.59. The van der Waals surface area contributed by atoms with Gasteiger partial charge in [0.05, 0.1) is 12.5 Å². The Morgan fingerprint density at radius 2 is 2.17 bits per heavy atom. The van der Waals surface area contributed by atoms with Gasteiger partial charge in [0.2, 0.25) is 11.8 Å². The number of aliphatic hydroxyl groups is 1. The van der Waals surface area contributed by atoms with Crippen LogP contribution in [0.15, 0.2) is 0 Å². The first-order valence-electron chi connectivity index (χ1n) is 6.59. The van der Waals surface area contributed by atoms with Crippen LogP contribution in [-0.2, 0) is 9.59 Å². The minimum Gasteiger partial charge on any atom is -0.395 e. The maximum absolute atomic E-state index is 12.2. The third-order valence-corrected chi connectivity index (χ3v) is 3.64. The molecule has 1 unspecified atom stereocenters. The topological polar surface area (TPSA) is 72.9 Å². The predicted octanol–water partition coefficient (Wildman–Crippen LogP) is -1.35. The number of aliphatic hydroxyl groups excluding tert-OH is 1. The number of rotatable bonds is 3. The van der Waals surface area contributed by atoms with Crippen molar-refractivity contribution in [3.05, 3.63) is 0 Å². The highest BCUT2D eigenvalue weighted by molar-refractivity contribution is 5.89. The highest BCUT2D eigenvalue weighted by Gasteiger charge is 2.31. The molecule has 2 N–H and O–H groups in total. The second kappa shape index (κ2) is 6.15. The number of carbonyl (C=O) groups excluding carboxylic acids is 2. The van der Waals surface area contributed by atoms with Gasteiger partial charge >= 0.3 is 0 Å². The molecule has 2 heterocycles. The molecule has 102 valence electrons. The predicted molar refractivity (Wildman–Crippen MR) is 65.8 cm³/mol. The molecule has 0 aromatic carbocycles. The lowest BCUT2D eigenvalue weighted by atomic mass is 10.1. The Labute approximate surface area is 107 Å². The Kier molecular flexibility index (Phi) is 4.54.